The molecule has 0 aliphatic carbocycles. The Bertz CT molecular complexity index is 940. The topological polar surface area (TPSA) is 94.6 Å². The van der Waals surface area contributed by atoms with E-state index in [0.717, 1.165) is 24.9 Å². The molecule has 7 nitrogen and oxygen atoms in total. The van der Waals surface area contributed by atoms with Crippen LogP contribution < -0.4 is 15.5 Å². The number of nitrogens with one attached hydrogen (secondary N) is 2. The lowest BCUT2D eigenvalue weighted by Crippen LogP contribution is -2.51. The molecule has 2 heterocycles. The normalized spacial score (nSPS) is 17.5. The Morgan fingerprint density at radius 2 is 1.88 bits per heavy atom. The first-order valence-corrected chi connectivity index (χ1v) is 11.5. The van der Waals surface area contributed by atoms with E-state index in [1.807, 2.05) is 24.3 Å². The van der Waals surface area contributed by atoms with Crippen molar-refractivity contribution >= 4 is 17.5 Å². The predicted molar refractivity (Wildman–Crippen MR) is 130 cm³/mol. The van der Waals surface area contributed by atoms with Crippen molar-refractivity contribution < 1.29 is 14.7 Å². The number of amides is 2. The Hall–Kier alpha value is -2.77. The average molecular weight is 453 g/mol. The molecule has 2 amide bonds. The summed E-state index contributed by atoms with van der Waals surface area (Å²) in [6.07, 6.45) is 4.88. The number of pyridine rings is 1. The van der Waals surface area contributed by atoms with Crippen LogP contribution in [0.2, 0.25) is 0 Å². The Morgan fingerprint density at radius 1 is 1.18 bits per heavy atom. The van der Waals surface area contributed by atoms with E-state index in [9.17, 15) is 14.7 Å². The average Bonchev–Trinajstić information content (AvgIpc) is 3.30. The molecule has 1 fully saturated rings. The van der Waals surface area contributed by atoms with E-state index in [-0.39, 0.29) is 29.8 Å². The molecule has 2 atom stereocenters. The van der Waals surface area contributed by atoms with Crippen molar-refractivity contribution in [3.8, 4) is 0 Å². The highest BCUT2D eigenvalue weighted by molar-refractivity contribution is 6.03. The van der Waals surface area contributed by atoms with Gasteiger partial charge >= 0.3 is 0 Å². The van der Waals surface area contributed by atoms with Crippen molar-refractivity contribution in [2.75, 3.05) is 18.0 Å². The summed E-state index contributed by atoms with van der Waals surface area (Å²) in [5, 5.41) is 16.2. The second-order valence-electron chi connectivity index (χ2n) is 10.4. The summed E-state index contributed by atoms with van der Waals surface area (Å²) < 4.78 is 0. The van der Waals surface area contributed by atoms with Gasteiger partial charge in [-0.25, -0.2) is 0 Å². The Morgan fingerprint density at radius 3 is 2.39 bits per heavy atom. The van der Waals surface area contributed by atoms with E-state index in [4.69, 9.17) is 0 Å². The summed E-state index contributed by atoms with van der Waals surface area (Å²) in [5.41, 5.74) is 1.28. The quantitative estimate of drug-likeness (QED) is 0.600. The third kappa shape index (κ3) is 6.39. The highest BCUT2D eigenvalue weighted by Crippen LogP contribution is 2.32. The predicted octanol–water partition coefficient (Wildman–Crippen LogP) is 3.09. The van der Waals surface area contributed by atoms with Crippen LogP contribution in [0.1, 0.15) is 64.6 Å². The van der Waals surface area contributed by atoms with Gasteiger partial charge in [0.15, 0.2) is 0 Å². The van der Waals surface area contributed by atoms with Crippen LogP contribution in [0.25, 0.3) is 0 Å². The maximum absolute atomic E-state index is 13.8. The van der Waals surface area contributed by atoms with Crippen LogP contribution in [0.4, 0.5) is 5.69 Å². The first kappa shape index (κ1) is 24.9. The summed E-state index contributed by atoms with van der Waals surface area (Å²) in [5.74, 6) is -0.514. The van der Waals surface area contributed by atoms with Crippen molar-refractivity contribution in [1.82, 2.24) is 15.6 Å². The molecule has 1 unspecified atom stereocenters. The minimum Gasteiger partial charge on any atom is -0.389 e. The van der Waals surface area contributed by atoms with Gasteiger partial charge in [-0.3, -0.25) is 19.5 Å². The van der Waals surface area contributed by atoms with Gasteiger partial charge in [0.05, 0.1) is 11.6 Å². The van der Waals surface area contributed by atoms with Gasteiger partial charge in [0.2, 0.25) is 11.8 Å². The van der Waals surface area contributed by atoms with Crippen LogP contribution in [0, 0.1) is 0 Å². The second-order valence-corrected chi connectivity index (χ2v) is 10.4. The van der Waals surface area contributed by atoms with Crippen molar-refractivity contribution in [3.05, 3.63) is 59.9 Å². The lowest BCUT2D eigenvalue weighted by molar-refractivity contribution is -0.128. The van der Waals surface area contributed by atoms with Crippen molar-refractivity contribution in [2.45, 2.75) is 70.6 Å². The lowest BCUT2D eigenvalue weighted by Gasteiger charge is -2.34. The van der Waals surface area contributed by atoms with Crippen LogP contribution >= 0.6 is 0 Å². The van der Waals surface area contributed by atoms with Gasteiger partial charge in [0, 0.05) is 30.2 Å². The fourth-order valence-electron chi connectivity index (χ4n) is 3.94. The van der Waals surface area contributed by atoms with E-state index in [0.29, 0.717) is 11.3 Å². The summed E-state index contributed by atoms with van der Waals surface area (Å²) in [4.78, 5) is 33.0. The van der Waals surface area contributed by atoms with E-state index >= 15 is 0 Å². The van der Waals surface area contributed by atoms with Gasteiger partial charge in [-0.2, -0.15) is 0 Å². The molecule has 0 bridgehead atoms. The first-order chi connectivity index (χ1) is 15.5. The van der Waals surface area contributed by atoms with Gasteiger partial charge in [-0.05, 0) is 62.4 Å². The molecule has 1 saturated heterocycles. The zero-order valence-electron chi connectivity index (χ0n) is 20.3. The van der Waals surface area contributed by atoms with E-state index < -0.39 is 11.6 Å². The highest BCUT2D eigenvalue weighted by atomic mass is 16.3. The van der Waals surface area contributed by atoms with Crippen LogP contribution in [0.3, 0.4) is 0 Å². The second kappa shape index (κ2) is 10.0. The van der Waals surface area contributed by atoms with E-state index in [2.05, 4.69) is 36.4 Å². The monoisotopic (exact) mass is 452 g/mol. The molecule has 33 heavy (non-hydrogen) atoms. The van der Waals surface area contributed by atoms with Crippen molar-refractivity contribution in [2.24, 2.45) is 0 Å². The molecule has 7 heteroatoms. The molecule has 3 N–H and O–H groups in total. The number of benzene rings is 1. The van der Waals surface area contributed by atoms with Gasteiger partial charge in [-0.15, -0.1) is 0 Å². The molecule has 0 spiro atoms. The Balaban J connectivity index is 2.06. The van der Waals surface area contributed by atoms with E-state index in [1.165, 1.54) is 0 Å². The number of carbonyl (C=O) groups is 2. The molecule has 2 aromatic rings. The summed E-state index contributed by atoms with van der Waals surface area (Å²) >= 11 is 0. The summed E-state index contributed by atoms with van der Waals surface area (Å²) in [6, 6.07) is 10.1. The number of aromatic nitrogens is 1. The number of carbonyl (C=O) groups excluding carboxylic acids is 2. The summed E-state index contributed by atoms with van der Waals surface area (Å²) in [6.45, 7) is 10.5. The minimum atomic E-state index is -1.08. The molecule has 1 aliphatic heterocycles. The zero-order chi connectivity index (χ0) is 24.2. The van der Waals surface area contributed by atoms with Gasteiger partial charge in [-0.1, -0.05) is 39.0 Å². The fourth-order valence-corrected chi connectivity index (χ4v) is 3.94. The number of anilines is 1. The largest absolute Gasteiger partial charge is 0.389 e. The highest BCUT2D eigenvalue weighted by Gasteiger charge is 2.37. The molecule has 178 valence electrons. The lowest BCUT2D eigenvalue weighted by atomic mass is 9.87. The van der Waals surface area contributed by atoms with Crippen LogP contribution in [-0.2, 0) is 15.0 Å². The van der Waals surface area contributed by atoms with Crippen LogP contribution in [0.5, 0.6) is 0 Å². The van der Waals surface area contributed by atoms with Gasteiger partial charge in [0.1, 0.15) is 6.04 Å². The van der Waals surface area contributed by atoms with Crippen LogP contribution in [0.15, 0.2) is 48.8 Å². The smallest absolute Gasteiger partial charge is 0.247 e. The summed E-state index contributed by atoms with van der Waals surface area (Å²) in [7, 11) is 0. The fraction of sp³-hybridized carbons (Fsp3) is 0.500. The maximum Gasteiger partial charge on any atom is 0.247 e. The maximum atomic E-state index is 13.8. The molecule has 3 rings (SSSR count). The Kier molecular flexibility index (Phi) is 7.55. The minimum absolute atomic E-state index is 0.0345. The molecular weight excluding hydrogens is 416 g/mol. The molecular formula is C26H36N4O3. The molecule has 1 aromatic heterocycles. The third-order valence-electron chi connectivity index (χ3n) is 5.81. The van der Waals surface area contributed by atoms with Crippen molar-refractivity contribution in [1.29, 1.82) is 0 Å². The SMILES string of the molecule is CC(C)(O)CNC(=O)C(c1cccnc1)N(C(=O)[C@H]1CCCN1)c1ccc(C(C)(C)C)cc1. The number of nitrogens with zero attached hydrogens (tertiary/aromatic N) is 2. The number of rotatable bonds is 7. The standard InChI is InChI=1S/C26H36N4O3/c1-25(2,3)19-10-12-20(13-11-19)30(24(32)21-9-7-15-28-21)22(18-8-6-14-27-16-18)23(31)29-17-26(4,5)33/h6,8,10-14,16,21-22,28,33H,7,9,15,17H2,1-5H3,(H,29,31)/t21-,22?/m1/s1. The van der Waals surface area contributed by atoms with E-state index in [1.54, 1.807) is 43.3 Å². The molecule has 1 aliphatic rings. The third-order valence-corrected chi connectivity index (χ3v) is 5.81. The first-order valence-electron chi connectivity index (χ1n) is 11.5. The van der Waals surface area contributed by atoms with Crippen LogP contribution in [-0.4, -0.2) is 46.6 Å². The Labute approximate surface area is 196 Å². The molecule has 1 aromatic carbocycles. The van der Waals surface area contributed by atoms with Gasteiger partial charge in [0.25, 0.3) is 0 Å². The van der Waals surface area contributed by atoms with Gasteiger partial charge < -0.3 is 15.7 Å². The molecule has 0 saturated carbocycles. The zero-order valence-corrected chi connectivity index (χ0v) is 20.3. The molecule has 0 radical (unpaired) electrons. The number of aliphatic hydroxyl groups is 1. The van der Waals surface area contributed by atoms with Crippen molar-refractivity contribution in [3.63, 3.8) is 0 Å². The number of hydrogen-bond acceptors (Lipinski definition) is 5. The number of hydrogen-bond donors (Lipinski definition) is 3.